The predicted molar refractivity (Wildman–Crippen MR) is 74.7 cm³/mol. The molecule has 0 saturated carbocycles. The molecule has 0 aliphatic carbocycles. The monoisotopic (exact) mass is 348 g/mol. The zero-order chi connectivity index (χ0) is 14.8. The summed E-state index contributed by atoms with van der Waals surface area (Å²) in [5.41, 5.74) is -0.475. The van der Waals surface area contributed by atoms with Crippen LogP contribution in [0.2, 0.25) is 0 Å². The highest BCUT2D eigenvalue weighted by atomic mass is 79.9. The van der Waals surface area contributed by atoms with E-state index in [-0.39, 0.29) is 15.8 Å². The van der Waals surface area contributed by atoms with Crippen molar-refractivity contribution in [1.29, 1.82) is 0 Å². The molecule has 4 nitrogen and oxygen atoms in total. The minimum Gasteiger partial charge on any atom is -0.373 e. The van der Waals surface area contributed by atoms with E-state index in [0.29, 0.717) is 19.2 Å². The van der Waals surface area contributed by atoms with Crippen LogP contribution in [0.5, 0.6) is 0 Å². The number of hydrogen-bond donors (Lipinski definition) is 2. The van der Waals surface area contributed by atoms with Gasteiger partial charge in [-0.05, 0) is 41.8 Å². The van der Waals surface area contributed by atoms with Gasteiger partial charge < -0.3 is 15.4 Å². The van der Waals surface area contributed by atoms with E-state index in [1.54, 1.807) is 0 Å². The number of carbonyl (C=O) groups excluding carboxylic acids is 1. The molecule has 1 aliphatic heterocycles. The van der Waals surface area contributed by atoms with Crippen molar-refractivity contribution in [2.24, 2.45) is 0 Å². The lowest BCUT2D eigenvalue weighted by molar-refractivity contribution is 0.0232. The van der Waals surface area contributed by atoms with Crippen molar-refractivity contribution in [3.8, 4) is 0 Å². The van der Waals surface area contributed by atoms with Gasteiger partial charge in [-0.1, -0.05) is 0 Å². The molecule has 1 fully saturated rings. The molecule has 0 spiro atoms. The van der Waals surface area contributed by atoms with Gasteiger partial charge in [0.05, 0.1) is 11.3 Å². The Morgan fingerprint density at radius 2 is 2.25 bits per heavy atom. The molecular weight excluding hydrogens is 334 g/mol. The molecule has 0 bridgehead atoms. The number of amides is 2. The van der Waals surface area contributed by atoms with E-state index in [1.807, 2.05) is 6.92 Å². The minimum atomic E-state index is -0.838. The smallest absolute Gasteiger partial charge is 0.319 e. The molecule has 1 aromatic carbocycles. The molecule has 1 aliphatic rings. The quantitative estimate of drug-likeness (QED) is 0.879. The Bertz CT molecular complexity index is 496. The van der Waals surface area contributed by atoms with Crippen molar-refractivity contribution in [3.63, 3.8) is 0 Å². The molecule has 2 rings (SSSR count). The Balaban J connectivity index is 1.95. The SMILES string of the molecule is CC1(CNC(=O)Nc2c(F)cc(F)cc2Br)CCCO1. The van der Waals surface area contributed by atoms with E-state index in [9.17, 15) is 13.6 Å². The summed E-state index contributed by atoms with van der Waals surface area (Å²) >= 11 is 3.01. The van der Waals surface area contributed by atoms with Gasteiger partial charge in [0.25, 0.3) is 0 Å². The van der Waals surface area contributed by atoms with Crippen LogP contribution in [0.15, 0.2) is 16.6 Å². The summed E-state index contributed by atoms with van der Waals surface area (Å²) in [5.74, 6) is -1.55. The third-order valence-corrected chi connectivity index (χ3v) is 3.79. The maximum atomic E-state index is 13.6. The molecule has 1 atom stereocenters. The Morgan fingerprint density at radius 1 is 1.50 bits per heavy atom. The van der Waals surface area contributed by atoms with Crippen LogP contribution < -0.4 is 10.6 Å². The number of carbonyl (C=O) groups is 1. The first-order chi connectivity index (χ1) is 9.39. The Labute approximate surface area is 124 Å². The first-order valence-corrected chi connectivity index (χ1v) is 7.02. The van der Waals surface area contributed by atoms with Crippen molar-refractivity contribution >= 4 is 27.6 Å². The second kappa shape index (κ2) is 6.05. The average molecular weight is 349 g/mol. The predicted octanol–water partition coefficient (Wildman–Crippen LogP) is 3.42. The fraction of sp³-hybridized carbons (Fsp3) is 0.462. The fourth-order valence-electron chi connectivity index (χ4n) is 2.06. The molecule has 1 heterocycles. The van der Waals surface area contributed by atoms with Crippen molar-refractivity contribution < 1.29 is 18.3 Å². The lowest BCUT2D eigenvalue weighted by Crippen LogP contribution is -2.42. The Morgan fingerprint density at radius 3 is 2.85 bits per heavy atom. The maximum Gasteiger partial charge on any atom is 0.319 e. The molecule has 1 saturated heterocycles. The molecule has 110 valence electrons. The van der Waals surface area contributed by atoms with Crippen molar-refractivity contribution in [3.05, 3.63) is 28.2 Å². The summed E-state index contributed by atoms with van der Waals surface area (Å²) < 4.78 is 32.2. The van der Waals surface area contributed by atoms with Crippen LogP contribution in [0.25, 0.3) is 0 Å². The van der Waals surface area contributed by atoms with Gasteiger partial charge in [0.1, 0.15) is 5.82 Å². The molecule has 2 N–H and O–H groups in total. The van der Waals surface area contributed by atoms with E-state index in [1.165, 1.54) is 0 Å². The molecular formula is C13H15BrF2N2O2. The molecule has 2 amide bonds. The Hall–Kier alpha value is -1.21. The van der Waals surface area contributed by atoms with Gasteiger partial charge >= 0.3 is 6.03 Å². The molecule has 7 heteroatoms. The highest BCUT2D eigenvalue weighted by Gasteiger charge is 2.30. The van der Waals surface area contributed by atoms with Gasteiger partial charge in [0.2, 0.25) is 0 Å². The van der Waals surface area contributed by atoms with Gasteiger partial charge in [-0.3, -0.25) is 0 Å². The van der Waals surface area contributed by atoms with E-state index in [2.05, 4.69) is 26.6 Å². The summed E-state index contributed by atoms with van der Waals surface area (Å²) in [6.45, 7) is 2.92. The summed E-state index contributed by atoms with van der Waals surface area (Å²) in [6, 6.07) is 1.23. The van der Waals surface area contributed by atoms with Gasteiger partial charge in [0, 0.05) is 23.7 Å². The van der Waals surface area contributed by atoms with Gasteiger partial charge in [-0.25, -0.2) is 13.6 Å². The van der Waals surface area contributed by atoms with E-state index >= 15 is 0 Å². The van der Waals surface area contributed by atoms with Crippen LogP contribution in [-0.4, -0.2) is 24.8 Å². The Kier molecular flexibility index (Phi) is 4.59. The lowest BCUT2D eigenvalue weighted by Gasteiger charge is -2.23. The largest absolute Gasteiger partial charge is 0.373 e. The van der Waals surface area contributed by atoms with Crippen LogP contribution in [0, 0.1) is 11.6 Å². The average Bonchev–Trinajstić information content (AvgIpc) is 2.79. The third-order valence-electron chi connectivity index (χ3n) is 3.17. The van der Waals surface area contributed by atoms with Crippen LogP contribution in [0.3, 0.4) is 0 Å². The zero-order valence-corrected chi connectivity index (χ0v) is 12.5. The minimum absolute atomic E-state index is 0.0959. The van der Waals surface area contributed by atoms with E-state index < -0.39 is 17.7 Å². The number of nitrogens with one attached hydrogen (secondary N) is 2. The highest BCUT2D eigenvalue weighted by molar-refractivity contribution is 9.10. The summed E-state index contributed by atoms with van der Waals surface area (Å²) in [4.78, 5) is 11.7. The lowest BCUT2D eigenvalue weighted by atomic mass is 10.0. The number of halogens is 3. The highest BCUT2D eigenvalue weighted by Crippen LogP contribution is 2.27. The second-order valence-corrected chi connectivity index (χ2v) is 5.81. The van der Waals surface area contributed by atoms with Crippen molar-refractivity contribution in [1.82, 2.24) is 5.32 Å². The topological polar surface area (TPSA) is 50.4 Å². The van der Waals surface area contributed by atoms with Crippen LogP contribution >= 0.6 is 15.9 Å². The first-order valence-electron chi connectivity index (χ1n) is 6.23. The van der Waals surface area contributed by atoms with Crippen LogP contribution in [0.4, 0.5) is 19.3 Å². The first kappa shape index (κ1) is 15.2. The molecule has 0 aromatic heterocycles. The van der Waals surface area contributed by atoms with E-state index in [4.69, 9.17) is 4.74 Å². The second-order valence-electron chi connectivity index (χ2n) is 4.95. The third kappa shape index (κ3) is 3.67. The van der Waals surface area contributed by atoms with Gasteiger partial charge in [-0.2, -0.15) is 0 Å². The molecule has 1 unspecified atom stereocenters. The van der Waals surface area contributed by atoms with Crippen LogP contribution in [-0.2, 0) is 4.74 Å². The van der Waals surface area contributed by atoms with Gasteiger partial charge in [-0.15, -0.1) is 0 Å². The van der Waals surface area contributed by atoms with Crippen LogP contribution in [0.1, 0.15) is 19.8 Å². The number of hydrogen-bond acceptors (Lipinski definition) is 2. The van der Waals surface area contributed by atoms with E-state index in [0.717, 1.165) is 18.9 Å². The van der Waals surface area contributed by atoms with Gasteiger partial charge in [0.15, 0.2) is 5.82 Å². The fourth-order valence-corrected chi connectivity index (χ4v) is 2.57. The molecule has 20 heavy (non-hydrogen) atoms. The molecule has 1 aromatic rings. The van der Waals surface area contributed by atoms with Crippen molar-refractivity contribution in [2.45, 2.75) is 25.4 Å². The number of anilines is 1. The normalized spacial score (nSPS) is 21.8. The number of rotatable bonds is 3. The summed E-state index contributed by atoms with van der Waals surface area (Å²) in [5, 5.41) is 4.98. The maximum absolute atomic E-state index is 13.6. The van der Waals surface area contributed by atoms with Crippen molar-refractivity contribution in [2.75, 3.05) is 18.5 Å². The number of urea groups is 1. The number of benzene rings is 1. The summed E-state index contributed by atoms with van der Waals surface area (Å²) in [7, 11) is 0. The summed E-state index contributed by atoms with van der Waals surface area (Å²) in [6.07, 6.45) is 1.82. The number of ether oxygens (including phenoxy) is 1. The standard InChI is InChI=1S/C13H15BrF2N2O2/c1-13(3-2-4-20-13)7-17-12(19)18-11-9(14)5-8(15)6-10(11)16/h5-6H,2-4,7H2,1H3,(H2,17,18,19). The zero-order valence-electron chi connectivity index (χ0n) is 10.9. The molecule has 0 radical (unpaired) electrons.